The summed E-state index contributed by atoms with van der Waals surface area (Å²) in [6.07, 6.45) is 15.2. The molecule has 5 rings (SSSR count). The Balaban J connectivity index is 1.39. The highest BCUT2D eigenvalue weighted by molar-refractivity contribution is 5.72. The minimum atomic E-state index is -0.185. The Kier molecular flexibility index (Phi) is 7.88. The van der Waals surface area contributed by atoms with Gasteiger partial charge in [0.05, 0.1) is 29.7 Å². The van der Waals surface area contributed by atoms with E-state index in [9.17, 15) is 4.79 Å². The Bertz CT molecular complexity index is 1090. The van der Waals surface area contributed by atoms with E-state index in [4.69, 9.17) is 14.3 Å². The van der Waals surface area contributed by atoms with Gasteiger partial charge in [-0.25, -0.2) is 4.68 Å². The number of rotatable bonds is 8. The van der Waals surface area contributed by atoms with Crippen molar-refractivity contribution in [3.8, 4) is 11.5 Å². The Morgan fingerprint density at radius 1 is 1.08 bits per heavy atom. The van der Waals surface area contributed by atoms with E-state index in [1.165, 1.54) is 32.1 Å². The third-order valence-electron chi connectivity index (χ3n) is 10.1. The molecule has 3 heterocycles. The number of carbonyl (C=O) groups excluding carboxylic acids is 1. The van der Waals surface area contributed by atoms with Crippen LogP contribution in [0.2, 0.25) is 0 Å². The van der Waals surface area contributed by atoms with Crippen LogP contribution >= 0.6 is 0 Å². The highest BCUT2D eigenvalue weighted by Gasteiger charge is 2.45. The molecule has 0 saturated heterocycles. The fraction of sp³-hybridized carbons (Fsp3) is 0.800. The van der Waals surface area contributed by atoms with Crippen LogP contribution in [0.1, 0.15) is 118 Å². The molecule has 38 heavy (non-hydrogen) atoms. The summed E-state index contributed by atoms with van der Waals surface area (Å²) in [5, 5.41) is 17.9. The molecular weight excluding hydrogens is 478 g/mol. The maximum atomic E-state index is 12.3. The van der Waals surface area contributed by atoms with E-state index in [0.29, 0.717) is 30.4 Å². The molecule has 1 unspecified atom stereocenters. The molecule has 0 radical (unpaired) electrons. The molecule has 2 saturated carbocycles. The zero-order chi connectivity index (χ0) is 26.9. The highest BCUT2D eigenvalue weighted by atomic mass is 16.5. The molecule has 2 fully saturated rings. The molecule has 8 heteroatoms. The van der Waals surface area contributed by atoms with Gasteiger partial charge in [0, 0.05) is 6.04 Å². The first-order valence-corrected chi connectivity index (χ1v) is 15.2. The predicted molar refractivity (Wildman–Crippen MR) is 148 cm³/mol. The van der Waals surface area contributed by atoms with Crippen molar-refractivity contribution >= 4 is 11.8 Å². The van der Waals surface area contributed by atoms with Gasteiger partial charge in [-0.3, -0.25) is 4.79 Å². The highest BCUT2D eigenvalue weighted by Crippen LogP contribution is 2.48. The first-order chi connectivity index (χ1) is 18.3. The van der Waals surface area contributed by atoms with Crippen LogP contribution < -0.4 is 5.32 Å². The summed E-state index contributed by atoms with van der Waals surface area (Å²) in [4.78, 5) is 12.3. The van der Waals surface area contributed by atoms with Gasteiger partial charge < -0.3 is 14.5 Å². The molecule has 0 spiro atoms. The second-order valence-electron chi connectivity index (χ2n) is 12.6. The average Bonchev–Trinajstić information content (AvgIpc) is 3.59. The molecule has 2 aliphatic carbocycles. The van der Waals surface area contributed by atoms with E-state index >= 15 is 0 Å². The molecule has 1 N–H and O–H groups in total. The number of ether oxygens (including phenoxy) is 1. The quantitative estimate of drug-likeness (QED) is 0.376. The second-order valence-corrected chi connectivity index (χ2v) is 12.6. The molecule has 0 aromatic carbocycles. The van der Waals surface area contributed by atoms with Gasteiger partial charge >= 0.3 is 5.97 Å². The van der Waals surface area contributed by atoms with Crippen LogP contribution in [0.4, 0.5) is 5.82 Å². The smallest absolute Gasteiger partial charge is 0.308 e. The third kappa shape index (κ3) is 4.88. The van der Waals surface area contributed by atoms with E-state index < -0.39 is 0 Å². The van der Waals surface area contributed by atoms with Crippen LogP contribution in [0.25, 0.3) is 11.5 Å². The number of nitrogens with zero attached hydrogens (tertiary/aromatic N) is 4. The monoisotopic (exact) mass is 525 g/mol. The number of nitrogens with one attached hydrogen (secondary N) is 1. The first-order valence-electron chi connectivity index (χ1n) is 15.2. The third-order valence-corrected chi connectivity index (χ3v) is 10.1. The average molecular weight is 526 g/mol. The lowest BCUT2D eigenvalue weighted by Gasteiger charge is -2.42. The van der Waals surface area contributed by atoms with Gasteiger partial charge in [0.25, 0.3) is 5.89 Å². The molecule has 210 valence electrons. The van der Waals surface area contributed by atoms with Gasteiger partial charge in [0.1, 0.15) is 11.4 Å². The summed E-state index contributed by atoms with van der Waals surface area (Å²) in [6, 6.07) is 0.440. The standard InChI is InChI=1S/C30H47N5O3/c1-6-30(7-2,22-16-14-21(15-17-22)27(36)37-8-3)28-34-33-26(38-28)23-19-31-35-25(23)32-24(18-29(35,4)5)20-12-10-9-11-13-20/h19-22,24,32H,6-18H2,1-5H3. The summed E-state index contributed by atoms with van der Waals surface area (Å²) in [5.74, 6) is 3.39. The maximum absolute atomic E-state index is 12.3. The van der Waals surface area contributed by atoms with Gasteiger partial charge in [-0.15, -0.1) is 10.2 Å². The lowest BCUT2D eigenvalue weighted by atomic mass is 9.64. The Hall–Kier alpha value is -2.38. The molecule has 0 bridgehead atoms. The second kappa shape index (κ2) is 11.0. The number of hydrogen-bond acceptors (Lipinski definition) is 7. The topological polar surface area (TPSA) is 95.1 Å². The first kappa shape index (κ1) is 27.2. The number of anilines is 1. The predicted octanol–water partition coefficient (Wildman–Crippen LogP) is 6.86. The lowest BCUT2D eigenvalue weighted by Crippen LogP contribution is -2.45. The van der Waals surface area contributed by atoms with Crippen LogP contribution in [0, 0.1) is 17.8 Å². The van der Waals surface area contributed by atoms with Gasteiger partial charge in [-0.05, 0) is 90.4 Å². The number of fused-ring (bicyclic) bond motifs is 1. The fourth-order valence-corrected chi connectivity index (χ4v) is 7.75. The molecule has 8 nitrogen and oxygen atoms in total. The van der Waals surface area contributed by atoms with Crippen LogP contribution in [0.5, 0.6) is 0 Å². The normalized spacial score (nSPS) is 26.0. The van der Waals surface area contributed by atoms with Gasteiger partial charge in [0.15, 0.2) is 0 Å². The van der Waals surface area contributed by atoms with Crippen LogP contribution in [-0.2, 0) is 20.5 Å². The van der Waals surface area contributed by atoms with Gasteiger partial charge in [-0.2, -0.15) is 5.10 Å². The van der Waals surface area contributed by atoms with Crippen molar-refractivity contribution in [3.63, 3.8) is 0 Å². The summed E-state index contributed by atoms with van der Waals surface area (Å²) < 4.78 is 14.0. The van der Waals surface area contributed by atoms with Crippen LogP contribution in [0.15, 0.2) is 10.6 Å². The number of carbonyl (C=O) groups is 1. The molecular formula is C30H47N5O3. The van der Waals surface area contributed by atoms with Gasteiger partial charge in [0.2, 0.25) is 5.89 Å². The minimum Gasteiger partial charge on any atom is -0.466 e. The van der Waals surface area contributed by atoms with Crippen molar-refractivity contribution in [2.45, 2.75) is 129 Å². The summed E-state index contributed by atoms with van der Waals surface area (Å²) in [6.45, 7) is 11.4. The summed E-state index contributed by atoms with van der Waals surface area (Å²) >= 11 is 0. The van der Waals surface area contributed by atoms with Crippen molar-refractivity contribution < 1.29 is 13.9 Å². The van der Waals surface area contributed by atoms with Crippen molar-refractivity contribution in [1.82, 2.24) is 20.0 Å². The lowest BCUT2D eigenvalue weighted by molar-refractivity contribution is -0.149. The molecule has 3 aliphatic rings. The summed E-state index contributed by atoms with van der Waals surface area (Å²) in [7, 11) is 0. The number of aromatic nitrogens is 4. The van der Waals surface area contributed by atoms with E-state index in [1.54, 1.807) is 0 Å². The molecule has 1 aliphatic heterocycles. The fourth-order valence-electron chi connectivity index (χ4n) is 7.75. The Morgan fingerprint density at radius 3 is 2.45 bits per heavy atom. The molecule has 0 amide bonds. The van der Waals surface area contributed by atoms with Crippen molar-refractivity contribution in [3.05, 3.63) is 12.1 Å². The van der Waals surface area contributed by atoms with Crippen LogP contribution in [0.3, 0.4) is 0 Å². The largest absolute Gasteiger partial charge is 0.466 e. The minimum absolute atomic E-state index is 0.0151. The van der Waals surface area contributed by atoms with Crippen molar-refractivity contribution in [2.75, 3.05) is 11.9 Å². The van der Waals surface area contributed by atoms with Crippen molar-refractivity contribution in [2.24, 2.45) is 17.8 Å². The SMILES string of the molecule is CCOC(=O)C1CCC(C(CC)(CC)c2nnc(-c3cnn4c3NC(C3CCCCC3)CC4(C)C)o2)CC1. The molecule has 2 aromatic rings. The number of hydrogen-bond donors (Lipinski definition) is 1. The zero-order valence-corrected chi connectivity index (χ0v) is 24.1. The zero-order valence-electron chi connectivity index (χ0n) is 24.1. The van der Waals surface area contributed by atoms with Gasteiger partial charge in [-0.1, -0.05) is 33.1 Å². The Labute approximate surface area is 227 Å². The van der Waals surface area contributed by atoms with E-state index in [1.807, 2.05) is 13.1 Å². The maximum Gasteiger partial charge on any atom is 0.308 e. The van der Waals surface area contributed by atoms with E-state index in [-0.39, 0.29) is 22.8 Å². The Morgan fingerprint density at radius 2 is 1.79 bits per heavy atom. The van der Waals surface area contributed by atoms with E-state index in [2.05, 4.69) is 47.9 Å². The molecule has 2 aromatic heterocycles. The van der Waals surface area contributed by atoms with Crippen molar-refractivity contribution in [1.29, 1.82) is 0 Å². The molecule has 1 atom stereocenters. The summed E-state index contributed by atoms with van der Waals surface area (Å²) in [5.41, 5.74) is 0.650. The van der Waals surface area contributed by atoms with E-state index in [0.717, 1.165) is 62.2 Å². The van der Waals surface area contributed by atoms with Crippen LogP contribution in [-0.4, -0.2) is 38.6 Å². The number of esters is 1.